The number of amides is 5. The number of fused-ring (bicyclic) bond motifs is 1. The molecule has 4 heterocycles. The third-order valence-electron chi connectivity index (χ3n) is 15.3. The zero-order valence-electron chi connectivity index (χ0n) is 45.9. The monoisotopic (exact) mass is 1100 g/mol. The fourth-order valence-electron chi connectivity index (χ4n) is 10.8. The topological polar surface area (TPSA) is 222 Å². The number of carbonyl (C=O) groups excluding carboxylic acids is 5. The van der Waals surface area contributed by atoms with E-state index in [-0.39, 0.29) is 54.5 Å². The first kappa shape index (κ1) is 59.1. The van der Waals surface area contributed by atoms with Crippen LogP contribution in [0, 0.1) is 12.3 Å². The number of hydrogen-bond acceptors (Lipinski definition) is 13. The highest BCUT2D eigenvalue weighted by molar-refractivity contribution is 7.13. The number of rotatable bonds is 25. The van der Waals surface area contributed by atoms with E-state index in [1.807, 2.05) is 81.4 Å². The minimum atomic E-state index is -0.868. The van der Waals surface area contributed by atoms with Crippen molar-refractivity contribution in [3.63, 3.8) is 0 Å². The number of thiazole rings is 1. The maximum absolute atomic E-state index is 14.1. The van der Waals surface area contributed by atoms with E-state index < -0.39 is 35.6 Å². The normalized spacial score (nSPS) is 19.6. The number of benzene rings is 2. The second-order valence-electron chi connectivity index (χ2n) is 22.3. The number of halogens is 1. The quantitative estimate of drug-likeness (QED) is 0.0355. The molecule has 2 aliphatic heterocycles. The average molecular weight is 1100 g/mol. The number of piperazine rings is 1. The van der Waals surface area contributed by atoms with Gasteiger partial charge in [-0.3, -0.25) is 24.0 Å². The van der Waals surface area contributed by atoms with Crippen molar-refractivity contribution in [2.75, 3.05) is 57.3 Å². The molecule has 7 atom stereocenters. The summed E-state index contributed by atoms with van der Waals surface area (Å²) < 4.78 is 0. The molecular weight excluding hydrogens is 1020 g/mol. The number of likely N-dealkylation sites (tertiary alicyclic amines) is 1. The number of hydrogen-bond donors (Lipinski definition) is 6. The van der Waals surface area contributed by atoms with Crippen LogP contribution < -0.4 is 26.2 Å². The fraction of sp³-hybridized carbons (Fsp3) is 0.586. The Balaban J connectivity index is 0.740. The predicted molar refractivity (Wildman–Crippen MR) is 301 cm³/mol. The standard InChI is InChI=1S/C58H81ClN10O7S/c1-37-31-47(71)51-50(37)54(63-35-62-51)67-27-29-68(30-28-67)56(75)45(41-20-22-43(59)23-21-41)33-60-26-24-48(72)61-25-14-12-10-8-7-9-11-13-15-49(73)66-53(58(4,5)6)57(76)69-34-44(70)32-46(69)55(74)65-38(2)40-16-18-42(19-17-40)52-39(3)64-36-77-52/h16-23,35-38,44-47,53,60,70-71H,7-15,24-34H2,1-6H3,(H,61,72)(H,65,74)(H,66,73)/t37-,38?,44-,45?,46+,47-,53?/m1/s1. The van der Waals surface area contributed by atoms with Gasteiger partial charge in [-0.2, -0.15) is 0 Å². The number of nitrogens with one attached hydrogen (secondary N) is 4. The number of aliphatic hydroxyl groups is 2. The first-order chi connectivity index (χ1) is 36.9. The number of anilines is 1. The Morgan fingerprint density at radius 1 is 0.779 bits per heavy atom. The summed E-state index contributed by atoms with van der Waals surface area (Å²) in [5.41, 5.74) is 6.71. The number of unbranched alkanes of at least 4 members (excludes halogenated alkanes) is 7. The Hall–Kier alpha value is -5.53. The van der Waals surface area contributed by atoms with E-state index in [9.17, 15) is 34.2 Å². The fourth-order valence-corrected chi connectivity index (χ4v) is 11.8. The molecule has 0 radical (unpaired) electrons. The van der Waals surface area contributed by atoms with Crippen LogP contribution in [0.5, 0.6) is 0 Å². The van der Waals surface area contributed by atoms with Gasteiger partial charge < -0.3 is 46.2 Å². The molecule has 19 heteroatoms. The van der Waals surface area contributed by atoms with Crippen molar-refractivity contribution in [3.8, 4) is 10.4 Å². The second-order valence-corrected chi connectivity index (χ2v) is 23.6. The van der Waals surface area contributed by atoms with Crippen LogP contribution >= 0.6 is 22.9 Å². The molecule has 418 valence electrons. The molecule has 4 aromatic rings. The van der Waals surface area contributed by atoms with Gasteiger partial charge in [-0.05, 0) is 73.3 Å². The van der Waals surface area contributed by atoms with Crippen LogP contribution in [0.1, 0.15) is 164 Å². The van der Waals surface area contributed by atoms with E-state index >= 15 is 0 Å². The SMILES string of the molecule is Cc1ncsc1-c1ccc(C(C)NC(=O)[C@@H]2C[C@@H](O)CN2C(=O)C(NC(=O)CCCCCCCCCCNC(=O)CCNCC(C(=O)N2CCN(c3ncnc4c3[C@H](C)C[C@H]4O)CC2)c2ccc(Cl)cc2)C(C)(C)C)cc1. The molecule has 0 bridgehead atoms. The molecule has 2 aromatic heterocycles. The third-order valence-corrected chi connectivity index (χ3v) is 16.6. The van der Waals surface area contributed by atoms with Gasteiger partial charge in [0, 0.05) is 82.2 Å². The number of nitrogens with zero attached hydrogens (tertiary/aromatic N) is 6. The van der Waals surface area contributed by atoms with Crippen LogP contribution in [0.2, 0.25) is 5.02 Å². The largest absolute Gasteiger partial charge is 0.391 e. The first-order valence-electron chi connectivity index (χ1n) is 27.8. The summed E-state index contributed by atoms with van der Waals surface area (Å²) in [5.74, 6) is -0.358. The summed E-state index contributed by atoms with van der Waals surface area (Å²) in [6, 6.07) is 13.3. The zero-order chi connectivity index (χ0) is 55.2. The zero-order valence-corrected chi connectivity index (χ0v) is 47.4. The average Bonchev–Trinajstić information content (AvgIpc) is 4.13. The highest BCUT2D eigenvalue weighted by Gasteiger charge is 2.45. The van der Waals surface area contributed by atoms with Crippen molar-refractivity contribution >= 4 is 58.3 Å². The lowest BCUT2D eigenvalue weighted by molar-refractivity contribution is -0.144. The lowest BCUT2D eigenvalue weighted by Crippen LogP contribution is -2.57. The Labute approximate surface area is 463 Å². The Kier molecular flexibility index (Phi) is 21.4. The number of carbonyl (C=O) groups is 5. The molecule has 7 rings (SSSR count). The lowest BCUT2D eigenvalue weighted by Gasteiger charge is -2.38. The number of aryl methyl sites for hydroxylation is 1. The van der Waals surface area contributed by atoms with E-state index in [1.54, 1.807) is 23.5 Å². The molecule has 3 unspecified atom stereocenters. The molecule has 6 N–H and O–H groups in total. The van der Waals surface area contributed by atoms with Gasteiger partial charge in [-0.1, -0.05) is 114 Å². The molecule has 2 saturated heterocycles. The van der Waals surface area contributed by atoms with Crippen molar-refractivity contribution in [1.29, 1.82) is 0 Å². The van der Waals surface area contributed by atoms with E-state index in [0.717, 1.165) is 83.6 Å². The number of β-amino-alcohol motifs (C(OH)–C–C–N with tert-alkyl or cyclic N) is 1. The number of aliphatic hydroxyl groups excluding tert-OH is 2. The Morgan fingerprint density at radius 2 is 1.44 bits per heavy atom. The maximum atomic E-state index is 14.1. The minimum absolute atomic E-state index is 0.0190. The van der Waals surface area contributed by atoms with Gasteiger partial charge in [-0.25, -0.2) is 15.0 Å². The van der Waals surface area contributed by atoms with E-state index in [1.165, 1.54) is 11.2 Å². The van der Waals surface area contributed by atoms with Crippen molar-refractivity contribution in [2.24, 2.45) is 5.41 Å². The molecule has 0 saturated carbocycles. The van der Waals surface area contributed by atoms with Crippen LogP contribution in [-0.4, -0.2) is 135 Å². The van der Waals surface area contributed by atoms with Gasteiger partial charge in [0.25, 0.3) is 0 Å². The van der Waals surface area contributed by atoms with Gasteiger partial charge in [-0.15, -0.1) is 11.3 Å². The van der Waals surface area contributed by atoms with E-state index in [2.05, 4.69) is 48.0 Å². The molecule has 77 heavy (non-hydrogen) atoms. The lowest BCUT2D eigenvalue weighted by atomic mass is 9.85. The van der Waals surface area contributed by atoms with Crippen LogP contribution in [0.3, 0.4) is 0 Å². The van der Waals surface area contributed by atoms with Gasteiger partial charge >= 0.3 is 0 Å². The van der Waals surface area contributed by atoms with Gasteiger partial charge in [0.05, 0.1) is 45.9 Å². The van der Waals surface area contributed by atoms with Gasteiger partial charge in [0.2, 0.25) is 29.5 Å². The molecule has 17 nitrogen and oxygen atoms in total. The molecule has 0 spiro atoms. The number of aromatic nitrogens is 3. The summed E-state index contributed by atoms with van der Waals surface area (Å²) >= 11 is 7.79. The Bertz CT molecular complexity index is 2600. The second kappa shape index (κ2) is 27.9. The highest BCUT2D eigenvalue weighted by atomic mass is 35.5. The molecule has 2 aromatic carbocycles. The van der Waals surface area contributed by atoms with Crippen LogP contribution in [0.15, 0.2) is 60.4 Å². The first-order valence-corrected chi connectivity index (χ1v) is 29.0. The van der Waals surface area contributed by atoms with Gasteiger partial charge in [0.1, 0.15) is 24.2 Å². The smallest absolute Gasteiger partial charge is 0.246 e. The minimum Gasteiger partial charge on any atom is -0.391 e. The molecule has 1 aliphatic carbocycles. The van der Waals surface area contributed by atoms with Crippen molar-refractivity contribution in [2.45, 2.75) is 161 Å². The predicted octanol–water partition coefficient (Wildman–Crippen LogP) is 7.51. The van der Waals surface area contributed by atoms with E-state index in [4.69, 9.17) is 11.6 Å². The molecule has 2 fully saturated rings. The maximum Gasteiger partial charge on any atom is 0.246 e. The summed E-state index contributed by atoms with van der Waals surface area (Å²) in [6.45, 7) is 15.4. The third kappa shape index (κ3) is 16.1. The summed E-state index contributed by atoms with van der Waals surface area (Å²) in [7, 11) is 0. The summed E-state index contributed by atoms with van der Waals surface area (Å²) in [6.07, 6.45) is 9.08. The van der Waals surface area contributed by atoms with Crippen molar-refractivity contribution < 1.29 is 34.2 Å². The molecule has 5 amide bonds. The summed E-state index contributed by atoms with van der Waals surface area (Å²) in [5, 5.41) is 34.2. The van der Waals surface area contributed by atoms with E-state index in [0.29, 0.717) is 82.2 Å². The van der Waals surface area contributed by atoms with Crippen LogP contribution in [0.25, 0.3) is 10.4 Å². The molecular formula is C58H81ClN10O7S. The van der Waals surface area contributed by atoms with Crippen molar-refractivity contribution in [1.82, 2.24) is 46.0 Å². The van der Waals surface area contributed by atoms with Crippen molar-refractivity contribution in [3.05, 3.63) is 93.5 Å². The molecule has 3 aliphatic rings. The van der Waals surface area contributed by atoms with Gasteiger partial charge in [0.15, 0.2) is 0 Å². The summed E-state index contributed by atoms with van der Waals surface area (Å²) in [4.78, 5) is 87.7. The Morgan fingerprint density at radius 3 is 2.10 bits per heavy atom. The van der Waals surface area contributed by atoms with Crippen LogP contribution in [-0.2, 0) is 24.0 Å². The highest BCUT2D eigenvalue weighted by Crippen LogP contribution is 2.43. The van der Waals surface area contributed by atoms with Crippen LogP contribution in [0.4, 0.5) is 5.82 Å².